The summed E-state index contributed by atoms with van der Waals surface area (Å²) in [6, 6.07) is 4.82. The van der Waals surface area contributed by atoms with Gasteiger partial charge in [0.05, 0.1) is 17.7 Å². The predicted octanol–water partition coefficient (Wildman–Crippen LogP) is 1.98. The Morgan fingerprint density at radius 2 is 2.29 bits per heavy atom. The largest absolute Gasteiger partial charge is 0.307 e. The number of nitriles is 1. The number of aromatic nitrogens is 2. The summed E-state index contributed by atoms with van der Waals surface area (Å²) >= 11 is 0. The van der Waals surface area contributed by atoms with Gasteiger partial charge in [0.2, 0.25) is 0 Å². The number of aryl methyl sites for hydroxylation is 1. The van der Waals surface area contributed by atoms with Gasteiger partial charge in [-0.15, -0.1) is 0 Å². The van der Waals surface area contributed by atoms with Crippen molar-refractivity contribution in [2.24, 2.45) is 13.0 Å². The minimum Gasteiger partial charge on any atom is -0.307 e. The molecule has 0 aromatic carbocycles. The van der Waals surface area contributed by atoms with Crippen LogP contribution in [-0.2, 0) is 13.6 Å². The zero-order valence-electron chi connectivity index (χ0n) is 10.4. The number of rotatable bonds is 3. The Morgan fingerprint density at radius 1 is 1.47 bits per heavy atom. The number of nitrogens with one attached hydrogen (secondary N) is 1. The molecular weight excluding hydrogens is 212 g/mol. The maximum absolute atomic E-state index is 9.19. The van der Waals surface area contributed by atoms with Crippen LogP contribution in [0.5, 0.6) is 0 Å². The highest BCUT2D eigenvalue weighted by molar-refractivity contribution is 5.01. The molecule has 2 atom stereocenters. The molecule has 2 rings (SSSR count). The Kier molecular flexibility index (Phi) is 4.16. The fraction of sp³-hybridized carbons (Fsp3) is 0.692. The van der Waals surface area contributed by atoms with Crippen LogP contribution in [0.3, 0.4) is 0 Å². The molecule has 1 aliphatic rings. The van der Waals surface area contributed by atoms with E-state index in [2.05, 4.69) is 16.5 Å². The molecule has 1 fully saturated rings. The summed E-state index contributed by atoms with van der Waals surface area (Å²) in [5, 5.41) is 16.9. The summed E-state index contributed by atoms with van der Waals surface area (Å²) in [5.41, 5.74) is 1.17. The van der Waals surface area contributed by atoms with Gasteiger partial charge in [-0.1, -0.05) is 19.3 Å². The van der Waals surface area contributed by atoms with Crippen molar-refractivity contribution in [3.63, 3.8) is 0 Å². The Hall–Kier alpha value is -1.34. The van der Waals surface area contributed by atoms with Crippen molar-refractivity contribution in [3.05, 3.63) is 18.0 Å². The molecule has 0 saturated heterocycles. The van der Waals surface area contributed by atoms with Crippen LogP contribution in [0.15, 0.2) is 12.3 Å². The van der Waals surface area contributed by atoms with E-state index in [0.717, 1.165) is 19.4 Å². The van der Waals surface area contributed by atoms with E-state index < -0.39 is 0 Å². The fourth-order valence-corrected chi connectivity index (χ4v) is 2.52. The van der Waals surface area contributed by atoms with Crippen LogP contribution >= 0.6 is 0 Å². The zero-order chi connectivity index (χ0) is 12.1. The Bertz CT molecular complexity index is 390. The summed E-state index contributed by atoms with van der Waals surface area (Å²) in [4.78, 5) is 0. The molecule has 1 saturated carbocycles. The Balaban J connectivity index is 1.92. The Labute approximate surface area is 103 Å². The molecule has 2 unspecified atom stereocenters. The Morgan fingerprint density at radius 3 is 3.00 bits per heavy atom. The molecule has 1 aromatic rings. The second-order valence-corrected chi connectivity index (χ2v) is 4.81. The number of hydrogen-bond acceptors (Lipinski definition) is 3. The monoisotopic (exact) mass is 232 g/mol. The quantitative estimate of drug-likeness (QED) is 0.811. The van der Waals surface area contributed by atoms with E-state index in [-0.39, 0.29) is 5.92 Å². The van der Waals surface area contributed by atoms with E-state index >= 15 is 0 Å². The molecule has 17 heavy (non-hydrogen) atoms. The van der Waals surface area contributed by atoms with Gasteiger partial charge < -0.3 is 5.32 Å². The summed E-state index contributed by atoms with van der Waals surface area (Å²) in [7, 11) is 1.95. The molecule has 92 valence electrons. The molecule has 1 N–H and O–H groups in total. The van der Waals surface area contributed by atoms with E-state index in [1.807, 2.05) is 24.0 Å². The molecule has 0 radical (unpaired) electrons. The van der Waals surface area contributed by atoms with Gasteiger partial charge in [0.15, 0.2) is 0 Å². The molecule has 1 aliphatic carbocycles. The third-order valence-electron chi connectivity index (χ3n) is 3.65. The first kappa shape index (κ1) is 12.1. The van der Waals surface area contributed by atoms with Crippen molar-refractivity contribution in [2.45, 2.75) is 44.7 Å². The van der Waals surface area contributed by atoms with E-state index in [1.54, 1.807) is 0 Å². The SMILES string of the molecule is Cn1nccc1CNC1CCCCCC1C#N. The second kappa shape index (κ2) is 5.83. The second-order valence-electron chi connectivity index (χ2n) is 4.81. The van der Waals surface area contributed by atoms with Crippen LogP contribution in [0.4, 0.5) is 0 Å². The number of nitrogens with zero attached hydrogens (tertiary/aromatic N) is 3. The molecule has 0 amide bonds. The van der Waals surface area contributed by atoms with Crippen molar-refractivity contribution in [2.75, 3.05) is 0 Å². The van der Waals surface area contributed by atoms with Gasteiger partial charge in [0, 0.05) is 25.8 Å². The summed E-state index contributed by atoms with van der Waals surface area (Å²) in [6.45, 7) is 0.805. The third-order valence-corrected chi connectivity index (χ3v) is 3.65. The molecule has 0 bridgehead atoms. The molecular formula is C13H20N4. The van der Waals surface area contributed by atoms with E-state index in [1.165, 1.54) is 25.0 Å². The van der Waals surface area contributed by atoms with Crippen LogP contribution in [0.25, 0.3) is 0 Å². The van der Waals surface area contributed by atoms with E-state index in [4.69, 9.17) is 0 Å². The van der Waals surface area contributed by atoms with Gasteiger partial charge >= 0.3 is 0 Å². The first-order chi connectivity index (χ1) is 8.31. The van der Waals surface area contributed by atoms with Crippen LogP contribution in [0.2, 0.25) is 0 Å². The molecule has 4 nitrogen and oxygen atoms in total. The van der Waals surface area contributed by atoms with Gasteiger partial charge in [0.1, 0.15) is 0 Å². The first-order valence-corrected chi connectivity index (χ1v) is 6.41. The lowest BCUT2D eigenvalue weighted by atomic mass is 9.96. The third kappa shape index (κ3) is 3.07. The van der Waals surface area contributed by atoms with Gasteiger partial charge in [-0.3, -0.25) is 4.68 Å². The van der Waals surface area contributed by atoms with Crippen LogP contribution in [-0.4, -0.2) is 15.8 Å². The lowest BCUT2D eigenvalue weighted by Gasteiger charge is -2.20. The smallest absolute Gasteiger partial charge is 0.0672 e. The lowest BCUT2D eigenvalue weighted by Crippen LogP contribution is -2.35. The summed E-state index contributed by atoms with van der Waals surface area (Å²) in [5.74, 6) is 0.172. The predicted molar refractivity (Wildman–Crippen MR) is 66.0 cm³/mol. The fourth-order valence-electron chi connectivity index (χ4n) is 2.52. The highest BCUT2D eigenvalue weighted by Gasteiger charge is 2.22. The van der Waals surface area contributed by atoms with Gasteiger partial charge in [0.25, 0.3) is 0 Å². The minimum absolute atomic E-state index is 0.172. The van der Waals surface area contributed by atoms with Crippen molar-refractivity contribution in [3.8, 4) is 6.07 Å². The average molecular weight is 232 g/mol. The van der Waals surface area contributed by atoms with Crippen LogP contribution < -0.4 is 5.32 Å². The normalized spacial score (nSPS) is 25.2. The highest BCUT2D eigenvalue weighted by Crippen LogP contribution is 2.23. The van der Waals surface area contributed by atoms with Crippen molar-refractivity contribution < 1.29 is 0 Å². The van der Waals surface area contributed by atoms with Crippen LogP contribution in [0, 0.1) is 17.2 Å². The van der Waals surface area contributed by atoms with Gasteiger partial charge in [-0.2, -0.15) is 10.4 Å². The summed E-state index contributed by atoms with van der Waals surface area (Å²) in [6.07, 6.45) is 7.67. The minimum atomic E-state index is 0.172. The van der Waals surface area contributed by atoms with Gasteiger partial charge in [-0.25, -0.2) is 0 Å². The van der Waals surface area contributed by atoms with Crippen molar-refractivity contribution in [1.82, 2.24) is 15.1 Å². The highest BCUT2D eigenvalue weighted by atomic mass is 15.3. The average Bonchev–Trinajstić information content (AvgIpc) is 2.63. The van der Waals surface area contributed by atoms with Crippen molar-refractivity contribution >= 4 is 0 Å². The molecule has 0 spiro atoms. The summed E-state index contributed by atoms with van der Waals surface area (Å²) < 4.78 is 1.88. The van der Waals surface area contributed by atoms with E-state index in [0.29, 0.717) is 6.04 Å². The number of hydrogen-bond donors (Lipinski definition) is 1. The maximum Gasteiger partial charge on any atom is 0.0672 e. The molecule has 0 aliphatic heterocycles. The van der Waals surface area contributed by atoms with E-state index in [9.17, 15) is 5.26 Å². The molecule has 1 heterocycles. The van der Waals surface area contributed by atoms with Crippen LogP contribution in [0.1, 0.15) is 37.8 Å². The first-order valence-electron chi connectivity index (χ1n) is 6.41. The topological polar surface area (TPSA) is 53.6 Å². The zero-order valence-corrected chi connectivity index (χ0v) is 10.4. The standard InChI is InChI=1S/C13H20N4/c1-17-12(7-8-16-17)10-15-13-6-4-2-3-5-11(13)9-14/h7-8,11,13,15H,2-6,10H2,1H3. The molecule has 1 aromatic heterocycles. The lowest BCUT2D eigenvalue weighted by molar-refractivity contribution is 0.388. The van der Waals surface area contributed by atoms with Crippen molar-refractivity contribution in [1.29, 1.82) is 5.26 Å². The maximum atomic E-state index is 9.19. The molecule has 4 heteroatoms. The van der Waals surface area contributed by atoms with Gasteiger partial charge in [-0.05, 0) is 18.9 Å².